The topological polar surface area (TPSA) is 33.5 Å². The minimum atomic E-state index is 0.110. The van der Waals surface area contributed by atoms with E-state index in [0.717, 1.165) is 36.9 Å². The first-order valence-electron chi connectivity index (χ1n) is 10.5. The number of nitrogens with one attached hydrogen (secondary N) is 2. The van der Waals surface area contributed by atoms with Crippen LogP contribution in [0.15, 0.2) is 48.5 Å². The van der Waals surface area contributed by atoms with Crippen molar-refractivity contribution in [2.75, 3.05) is 6.54 Å². The molecule has 0 saturated heterocycles. The van der Waals surface area contributed by atoms with Gasteiger partial charge in [0, 0.05) is 29.2 Å². The summed E-state index contributed by atoms with van der Waals surface area (Å²) in [4.78, 5) is 14.2. The van der Waals surface area contributed by atoms with Crippen molar-refractivity contribution in [1.82, 2.24) is 5.32 Å². The highest BCUT2D eigenvalue weighted by atomic mass is 16.1. The van der Waals surface area contributed by atoms with E-state index in [0.29, 0.717) is 6.04 Å². The molecule has 2 saturated carbocycles. The number of rotatable bonds is 4. The Morgan fingerprint density at radius 2 is 1.81 bits per heavy atom. The molecule has 1 unspecified atom stereocenters. The lowest BCUT2D eigenvalue weighted by Crippen LogP contribution is -3.10. The van der Waals surface area contributed by atoms with Crippen LogP contribution in [0.4, 0.5) is 0 Å². The van der Waals surface area contributed by atoms with Crippen molar-refractivity contribution in [2.45, 2.75) is 51.2 Å². The van der Waals surface area contributed by atoms with E-state index in [9.17, 15) is 4.79 Å². The molecule has 2 aromatic rings. The fourth-order valence-corrected chi connectivity index (χ4v) is 5.53. The van der Waals surface area contributed by atoms with E-state index in [4.69, 9.17) is 0 Å². The molecule has 3 aliphatic rings. The lowest BCUT2D eigenvalue weighted by atomic mass is 9.95. The zero-order chi connectivity index (χ0) is 18.2. The van der Waals surface area contributed by atoms with Gasteiger partial charge in [0.05, 0.1) is 6.54 Å². The lowest BCUT2D eigenvalue weighted by Gasteiger charge is -2.26. The van der Waals surface area contributed by atoms with Crippen molar-refractivity contribution in [3.8, 4) is 0 Å². The Morgan fingerprint density at radius 1 is 1.00 bits per heavy atom. The number of carbonyl (C=O) groups is 1. The van der Waals surface area contributed by atoms with Gasteiger partial charge >= 0.3 is 0 Å². The van der Waals surface area contributed by atoms with Gasteiger partial charge in [-0.15, -0.1) is 0 Å². The van der Waals surface area contributed by atoms with Gasteiger partial charge in [0.2, 0.25) is 0 Å². The van der Waals surface area contributed by atoms with Gasteiger partial charge in [0.1, 0.15) is 13.1 Å². The van der Waals surface area contributed by atoms with Crippen molar-refractivity contribution in [1.29, 1.82) is 0 Å². The van der Waals surface area contributed by atoms with Crippen molar-refractivity contribution in [3.63, 3.8) is 0 Å². The summed E-state index contributed by atoms with van der Waals surface area (Å²) in [5, 5.41) is 3.29. The maximum absolute atomic E-state index is 12.6. The van der Waals surface area contributed by atoms with Crippen LogP contribution in [0.2, 0.25) is 0 Å². The Bertz CT molecular complexity index is 829. The smallest absolute Gasteiger partial charge is 0.251 e. The third-order valence-corrected chi connectivity index (χ3v) is 7.03. The summed E-state index contributed by atoms with van der Waals surface area (Å²) in [6.45, 7) is 3.31. The minimum absolute atomic E-state index is 0.110. The van der Waals surface area contributed by atoms with E-state index >= 15 is 0 Å². The molecule has 4 atom stereocenters. The molecule has 2 aliphatic carbocycles. The van der Waals surface area contributed by atoms with Crippen molar-refractivity contribution < 1.29 is 9.69 Å². The molecule has 3 heteroatoms. The molecule has 1 heterocycles. The highest BCUT2D eigenvalue weighted by molar-refractivity contribution is 5.94. The molecule has 3 nitrogen and oxygen atoms in total. The van der Waals surface area contributed by atoms with Crippen LogP contribution in [0.25, 0.3) is 0 Å². The Morgan fingerprint density at radius 3 is 2.56 bits per heavy atom. The fourth-order valence-electron chi connectivity index (χ4n) is 5.53. The van der Waals surface area contributed by atoms with Crippen LogP contribution in [-0.2, 0) is 19.5 Å². The minimum Gasteiger partial charge on any atom is -0.349 e. The maximum Gasteiger partial charge on any atom is 0.251 e. The standard InChI is InChI=1S/C24H28N2O/c27-24(25-23-14-18-7-10-21(23)13-18)20-8-5-17(6-9-20)15-26-12-11-19-3-1-2-4-22(19)16-26/h1-6,8-9,18,21,23H,7,10-16H2,(H,25,27)/p+1/t18-,21+,23+/m1/s1. The summed E-state index contributed by atoms with van der Waals surface area (Å²) < 4.78 is 0. The number of amides is 1. The molecule has 1 amide bonds. The second-order valence-corrected chi connectivity index (χ2v) is 8.82. The second kappa shape index (κ2) is 7.12. The van der Waals surface area contributed by atoms with Gasteiger partial charge in [0.25, 0.3) is 5.91 Å². The van der Waals surface area contributed by atoms with E-state index in [1.807, 2.05) is 12.1 Å². The third-order valence-electron chi connectivity index (χ3n) is 7.03. The van der Waals surface area contributed by atoms with Crippen LogP contribution in [-0.4, -0.2) is 18.5 Å². The summed E-state index contributed by atoms with van der Waals surface area (Å²) in [7, 11) is 0. The summed E-state index contributed by atoms with van der Waals surface area (Å²) in [6.07, 6.45) is 6.35. The molecule has 2 N–H and O–H groups in total. The van der Waals surface area contributed by atoms with Gasteiger partial charge in [-0.25, -0.2) is 0 Å². The number of quaternary nitrogens is 1. The third kappa shape index (κ3) is 3.53. The van der Waals surface area contributed by atoms with Gasteiger partial charge in [-0.1, -0.05) is 42.8 Å². The van der Waals surface area contributed by atoms with Crippen LogP contribution >= 0.6 is 0 Å². The Balaban J connectivity index is 1.19. The number of benzene rings is 2. The zero-order valence-electron chi connectivity index (χ0n) is 15.9. The SMILES string of the molecule is O=C(N[C@H]1C[C@@H]2CC[C@H]1C2)c1ccc(C[NH+]2CCc3ccccc3C2)cc1. The van der Waals surface area contributed by atoms with Crippen LogP contribution in [0.3, 0.4) is 0 Å². The fraction of sp³-hybridized carbons (Fsp3) is 0.458. The summed E-state index contributed by atoms with van der Waals surface area (Å²) in [6, 6.07) is 17.5. The van der Waals surface area contributed by atoms with Gasteiger partial charge < -0.3 is 10.2 Å². The lowest BCUT2D eigenvalue weighted by molar-refractivity contribution is -0.929. The molecule has 1 aliphatic heterocycles. The van der Waals surface area contributed by atoms with E-state index in [1.54, 1.807) is 4.90 Å². The molecule has 140 valence electrons. The van der Waals surface area contributed by atoms with E-state index < -0.39 is 0 Å². The summed E-state index contributed by atoms with van der Waals surface area (Å²) >= 11 is 0. The van der Waals surface area contributed by atoms with Crippen molar-refractivity contribution in [3.05, 3.63) is 70.8 Å². The quantitative estimate of drug-likeness (QED) is 0.863. The largest absolute Gasteiger partial charge is 0.349 e. The van der Waals surface area contributed by atoms with Crippen LogP contribution in [0, 0.1) is 11.8 Å². The van der Waals surface area contributed by atoms with Crippen LogP contribution < -0.4 is 10.2 Å². The van der Waals surface area contributed by atoms with Crippen LogP contribution in [0.1, 0.15) is 52.7 Å². The maximum atomic E-state index is 12.6. The number of carbonyl (C=O) groups excluding carboxylic acids is 1. The molecular weight excluding hydrogens is 332 g/mol. The highest BCUT2D eigenvalue weighted by Crippen LogP contribution is 2.44. The molecular formula is C24H29N2O+. The molecule has 0 spiro atoms. The first-order chi connectivity index (χ1) is 13.2. The zero-order valence-corrected chi connectivity index (χ0v) is 15.9. The Kier molecular flexibility index (Phi) is 4.48. The van der Waals surface area contributed by atoms with E-state index in [-0.39, 0.29) is 5.91 Å². The van der Waals surface area contributed by atoms with Gasteiger partial charge in [-0.2, -0.15) is 0 Å². The first kappa shape index (κ1) is 17.0. The Labute approximate surface area is 161 Å². The predicted octanol–water partition coefficient (Wildman–Crippen LogP) is 2.75. The van der Waals surface area contributed by atoms with Crippen molar-refractivity contribution in [2.24, 2.45) is 11.8 Å². The molecule has 2 aromatic carbocycles. The average molecular weight is 362 g/mol. The predicted molar refractivity (Wildman–Crippen MR) is 107 cm³/mol. The van der Waals surface area contributed by atoms with E-state index in [2.05, 4.69) is 41.7 Å². The number of fused-ring (bicyclic) bond motifs is 3. The number of hydrogen-bond acceptors (Lipinski definition) is 1. The molecule has 2 fully saturated rings. The molecule has 2 bridgehead atoms. The number of hydrogen-bond donors (Lipinski definition) is 2. The molecule has 0 radical (unpaired) electrons. The van der Waals surface area contributed by atoms with Gasteiger partial charge in [0.15, 0.2) is 0 Å². The second-order valence-electron chi connectivity index (χ2n) is 8.82. The van der Waals surface area contributed by atoms with Gasteiger partial charge in [-0.05, 0) is 48.8 Å². The summed E-state index contributed by atoms with van der Waals surface area (Å²) in [5.74, 6) is 1.70. The molecule has 0 aromatic heterocycles. The summed E-state index contributed by atoms with van der Waals surface area (Å²) in [5.41, 5.74) is 5.12. The Hall–Kier alpha value is -2.13. The van der Waals surface area contributed by atoms with Crippen LogP contribution in [0.5, 0.6) is 0 Å². The highest BCUT2D eigenvalue weighted by Gasteiger charge is 2.40. The molecule has 27 heavy (non-hydrogen) atoms. The molecule has 5 rings (SSSR count). The van der Waals surface area contributed by atoms with Gasteiger partial charge in [-0.3, -0.25) is 4.79 Å². The first-order valence-corrected chi connectivity index (χ1v) is 10.5. The van der Waals surface area contributed by atoms with Crippen molar-refractivity contribution >= 4 is 5.91 Å². The van der Waals surface area contributed by atoms with E-state index in [1.165, 1.54) is 48.9 Å². The normalized spacial score (nSPS) is 28.7. The average Bonchev–Trinajstić information content (AvgIpc) is 3.31. The monoisotopic (exact) mass is 361 g/mol.